The zero-order valence-electron chi connectivity index (χ0n) is 15.9. The molecule has 2 amide bonds. The lowest BCUT2D eigenvalue weighted by Gasteiger charge is -2.18. The number of para-hydroxylation sites is 1. The Balaban J connectivity index is 2.22. The lowest BCUT2D eigenvalue weighted by Crippen LogP contribution is -2.35. The van der Waals surface area contributed by atoms with E-state index in [0.717, 1.165) is 34.3 Å². The first-order valence-electron chi connectivity index (χ1n) is 8.21. The van der Waals surface area contributed by atoms with Gasteiger partial charge < -0.3 is 10.2 Å². The molecule has 0 aromatic heterocycles. The number of likely N-dealkylation sites (N-methyl/N-ethyl adjacent to an activating group) is 1. The van der Waals surface area contributed by atoms with Gasteiger partial charge in [0.2, 0.25) is 5.91 Å². The fraction of sp³-hybridized carbons (Fsp3) is 0.222. The lowest BCUT2D eigenvalue weighted by atomic mass is 10.1. The predicted molar refractivity (Wildman–Crippen MR) is 110 cm³/mol. The SMILES string of the molecule is CSc1ccccc1NC(=O)CN(C)C(=O)c1cc([N+](=O)[O-])cc(S(C)(=O)=O)c1. The molecule has 0 saturated carbocycles. The second-order valence-electron chi connectivity index (χ2n) is 6.15. The van der Waals surface area contributed by atoms with E-state index >= 15 is 0 Å². The number of benzene rings is 2. The maximum atomic E-state index is 12.6. The Bertz CT molecular complexity index is 1070. The molecule has 0 bridgehead atoms. The molecular weight excluding hydrogens is 418 g/mol. The molecule has 0 aliphatic rings. The predicted octanol–water partition coefficient (Wildman–Crippen LogP) is 2.43. The topological polar surface area (TPSA) is 127 Å². The van der Waals surface area contributed by atoms with E-state index in [1.54, 1.807) is 12.1 Å². The Morgan fingerprint density at radius 1 is 1.21 bits per heavy atom. The molecule has 2 rings (SSSR count). The lowest BCUT2D eigenvalue weighted by molar-refractivity contribution is -0.385. The van der Waals surface area contributed by atoms with Gasteiger partial charge in [-0.15, -0.1) is 11.8 Å². The normalized spacial score (nSPS) is 11.0. The van der Waals surface area contributed by atoms with Crippen molar-refractivity contribution in [3.8, 4) is 0 Å². The quantitative estimate of drug-likeness (QED) is 0.400. The minimum absolute atomic E-state index is 0.195. The van der Waals surface area contributed by atoms with Crippen LogP contribution in [-0.2, 0) is 14.6 Å². The second kappa shape index (κ2) is 9.05. The van der Waals surface area contributed by atoms with Crippen molar-refractivity contribution in [1.82, 2.24) is 4.90 Å². The van der Waals surface area contributed by atoms with E-state index in [1.807, 2.05) is 18.4 Å². The molecule has 0 heterocycles. The van der Waals surface area contributed by atoms with Gasteiger partial charge in [0, 0.05) is 35.9 Å². The number of sulfone groups is 1. The molecule has 9 nitrogen and oxygen atoms in total. The number of non-ortho nitro benzene ring substituents is 1. The Morgan fingerprint density at radius 3 is 2.45 bits per heavy atom. The molecule has 2 aromatic rings. The summed E-state index contributed by atoms with van der Waals surface area (Å²) >= 11 is 1.45. The molecule has 0 atom stereocenters. The molecular formula is C18H19N3O6S2. The highest BCUT2D eigenvalue weighted by molar-refractivity contribution is 7.98. The van der Waals surface area contributed by atoms with E-state index in [0.29, 0.717) is 5.69 Å². The highest BCUT2D eigenvalue weighted by atomic mass is 32.2. The summed E-state index contributed by atoms with van der Waals surface area (Å²) in [6.45, 7) is -0.321. The summed E-state index contributed by atoms with van der Waals surface area (Å²) in [5.41, 5.74) is -0.122. The maximum absolute atomic E-state index is 12.6. The van der Waals surface area contributed by atoms with Crippen LogP contribution in [0.15, 0.2) is 52.3 Å². The van der Waals surface area contributed by atoms with Gasteiger partial charge in [0.25, 0.3) is 11.6 Å². The van der Waals surface area contributed by atoms with E-state index in [9.17, 15) is 28.1 Å². The molecule has 0 spiro atoms. The number of hydrogen-bond donors (Lipinski definition) is 1. The number of amides is 2. The van der Waals surface area contributed by atoms with Crippen molar-refractivity contribution < 1.29 is 22.9 Å². The average molecular weight is 437 g/mol. The molecule has 0 fully saturated rings. The van der Waals surface area contributed by atoms with E-state index in [1.165, 1.54) is 18.8 Å². The molecule has 29 heavy (non-hydrogen) atoms. The van der Waals surface area contributed by atoms with Gasteiger partial charge in [0.1, 0.15) is 0 Å². The summed E-state index contributed by atoms with van der Waals surface area (Å²) in [5.74, 6) is -1.18. The Kier molecular flexibility index (Phi) is 6.98. The highest BCUT2D eigenvalue weighted by Crippen LogP contribution is 2.25. The average Bonchev–Trinajstić information content (AvgIpc) is 2.66. The van der Waals surface area contributed by atoms with Crippen LogP contribution < -0.4 is 5.32 Å². The van der Waals surface area contributed by atoms with Crippen molar-refractivity contribution in [2.24, 2.45) is 0 Å². The van der Waals surface area contributed by atoms with Gasteiger partial charge in [-0.3, -0.25) is 19.7 Å². The fourth-order valence-corrected chi connectivity index (χ4v) is 3.70. The summed E-state index contributed by atoms with van der Waals surface area (Å²) in [6.07, 6.45) is 2.75. The zero-order chi connectivity index (χ0) is 21.8. The van der Waals surface area contributed by atoms with Crippen LogP contribution in [0.3, 0.4) is 0 Å². The second-order valence-corrected chi connectivity index (χ2v) is 9.02. The Morgan fingerprint density at radius 2 is 1.86 bits per heavy atom. The van der Waals surface area contributed by atoms with E-state index in [2.05, 4.69) is 5.32 Å². The molecule has 0 radical (unpaired) electrons. The van der Waals surface area contributed by atoms with Gasteiger partial charge in [-0.05, 0) is 24.5 Å². The molecule has 0 aliphatic heterocycles. The number of nitrogens with one attached hydrogen (secondary N) is 1. The Hall–Kier alpha value is -2.92. The molecule has 1 N–H and O–H groups in total. The van der Waals surface area contributed by atoms with Crippen LogP contribution in [0.5, 0.6) is 0 Å². The van der Waals surface area contributed by atoms with Crippen molar-refractivity contribution in [3.05, 3.63) is 58.1 Å². The van der Waals surface area contributed by atoms with Crippen LogP contribution in [0.25, 0.3) is 0 Å². The number of anilines is 1. The monoisotopic (exact) mass is 437 g/mol. The van der Waals surface area contributed by atoms with Crippen LogP contribution in [0.4, 0.5) is 11.4 Å². The number of hydrogen-bond acceptors (Lipinski definition) is 7. The van der Waals surface area contributed by atoms with Gasteiger partial charge >= 0.3 is 0 Å². The summed E-state index contributed by atoms with van der Waals surface area (Å²) < 4.78 is 23.6. The molecule has 11 heteroatoms. The van der Waals surface area contributed by atoms with E-state index in [4.69, 9.17) is 0 Å². The molecule has 0 saturated heterocycles. The molecule has 0 aliphatic carbocycles. The van der Waals surface area contributed by atoms with Crippen LogP contribution in [0.2, 0.25) is 0 Å². The largest absolute Gasteiger partial charge is 0.332 e. The van der Waals surface area contributed by atoms with Crippen molar-refractivity contribution in [2.75, 3.05) is 31.4 Å². The minimum Gasteiger partial charge on any atom is -0.332 e. The van der Waals surface area contributed by atoms with Crippen LogP contribution in [0.1, 0.15) is 10.4 Å². The van der Waals surface area contributed by atoms with Crippen molar-refractivity contribution in [3.63, 3.8) is 0 Å². The van der Waals surface area contributed by atoms with Gasteiger partial charge in [-0.1, -0.05) is 12.1 Å². The zero-order valence-corrected chi connectivity index (χ0v) is 17.5. The van der Waals surface area contributed by atoms with Crippen LogP contribution in [-0.4, -0.2) is 56.2 Å². The van der Waals surface area contributed by atoms with Crippen LogP contribution in [0, 0.1) is 10.1 Å². The van der Waals surface area contributed by atoms with Crippen molar-refractivity contribution in [1.29, 1.82) is 0 Å². The van der Waals surface area contributed by atoms with E-state index in [-0.39, 0.29) is 17.0 Å². The third kappa shape index (κ3) is 5.78. The number of thioether (sulfide) groups is 1. The number of nitro benzene ring substituents is 1. The molecule has 0 unspecified atom stereocenters. The van der Waals surface area contributed by atoms with Crippen molar-refractivity contribution in [2.45, 2.75) is 9.79 Å². The third-order valence-electron chi connectivity index (χ3n) is 3.89. The first-order chi connectivity index (χ1) is 13.5. The highest BCUT2D eigenvalue weighted by Gasteiger charge is 2.22. The van der Waals surface area contributed by atoms with Gasteiger partial charge in [0.05, 0.1) is 22.1 Å². The minimum atomic E-state index is -3.77. The summed E-state index contributed by atoms with van der Waals surface area (Å²) in [6, 6.07) is 10.1. The number of carbonyl (C=O) groups excluding carboxylic acids is 2. The third-order valence-corrected chi connectivity index (χ3v) is 5.77. The molecule has 154 valence electrons. The smallest absolute Gasteiger partial charge is 0.271 e. The first-order valence-corrected chi connectivity index (χ1v) is 11.3. The van der Waals surface area contributed by atoms with E-state index < -0.39 is 32.3 Å². The first kappa shape index (κ1) is 22.4. The number of nitro groups is 1. The van der Waals surface area contributed by atoms with Crippen LogP contribution >= 0.6 is 11.8 Å². The standard InChI is InChI=1S/C18H19N3O6S2/c1-20(11-17(22)19-15-6-4-5-7-16(15)28-2)18(23)12-8-13(21(24)25)10-14(9-12)29(3,26)27/h4-10H,11H2,1-3H3,(H,19,22). The van der Waals surface area contributed by atoms with Gasteiger partial charge in [0.15, 0.2) is 9.84 Å². The summed E-state index contributed by atoms with van der Waals surface area (Å²) in [5, 5.41) is 13.8. The maximum Gasteiger partial charge on any atom is 0.271 e. The van der Waals surface area contributed by atoms with Crippen molar-refractivity contribution >= 4 is 44.8 Å². The number of rotatable bonds is 7. The number of carbonyl (C=O) groups is 2. The summed E-state index contributed by atoms with van der Waals surface area (Å²) in [4.78, 5) is 36.8. The fourth-order valence-electron chi connectivity index (χ4n) is 2.47. The summed E-state index contributed by atoms with van der Waals surface area (Å²) in [7, 11) is -2.42. The molecule has 2 aromatic carbocycles. The Labute approximate surface area is 172 Å². The number of nitrogens with zero attached hydrogens (tertiary/aromatic N) is 2. The van der Waals surface area contributed by atoms with Gasteiger partial charge in [-0.25, -0.2) is 8.42 Å². The van der Waals surface area contributed by atoms with Gasteiger partial charge in [-0.2, -0.15) is 0 Å².